The van der Waals surface area contributed by atoms with E-state index < -0.39 is 11.8 Å². The van der Waals surface area contributed by atoms with Crippen LogP contribution in [0.1, 0.15) is 50.5 Å². The molecule has 3 aliphatic rings. The van der Waals surface area contributed by atoms with Gasteiger partial charge >= 0.3 is 6.03 Å². The fraction of sp³-hybridized carbons (Fsp3) is 0.595. The summed E-state index contributed by atoms with van der Waals surface area (Å²) in [5.41, 5.74) is 1.66. The van der Waals surface area contributed by atoms with Gasteiger partial charge in [-0.2, -0.15) is 11.8 Å². The maximum absolute atomic E-state index is 12.4. The molecular formula is C37H54N8O9S2. The summed E-state index contributed by atoms with van der Waals surface area (Å²) in [6.45, 7) is 3.95. The number of fused-ring (bicyclic) bond motifs is 1. The second kappa shape index (κ2) is 25.1. The first-order valence-electron chi connectivity index (χ1n) is 19.1. The van der Waals surface area contributed by atoms with Crippen LogP contribution in [0.2, 0.25) is 0 Å². The highest BCUT2D eigenvalue weighted by Crippen LogP contribution is 2.33. The first kappa shape index (κ1) is 44.4. The van der Waals surface area contributed by atoms with Gasteiger partial charge in [-0.1, -0.05) is 18.6 Å². The number of carbonyl (C=O) groups is 6. The maximum atomic E-state index is 12.4. The Kier molecular flexibility index (Phi) is 19.9. The van der Waals surface area contributed by atoms with Crippen LogP contribution in [0.15, 0.2) is 36.4 Å². The van der Waals surface area contributed by atoms with Crippen molar-refractivity contribution in [3.05, 3.63) is 42.0 Å². The van der Waals surface area contributed by atoms with E-state index in [2.05, 4.69) is 37.2 Å². The Balaban J connectivity index is 0.894. The van der Waals surface area contributed by atoms with E-state index in [1.807, 2.05) is 36.0 Å². The summed E-state index contributed by atoms with van der Waals surface area (Å²) >= 11 is 7.23. The largest absolute Gasteiger partial charge is 0.379 e. The quantitative estimate of drug-likeness (QED) is 0.0282. The second-order valence-electron chi connectivity index (χ2n) is 13.3. The topological polar surface area (TPSA) is 218 Å². The lowest BCUT2D eigenvalue weighted by atomic mass is 10.0. The van der Waals surface area contributed by atoms with Crippen molar-refractivity contribution in [1.29, 1.82) is 0 Å². The number of nitrogens with zero attached hydrogens (tertiary/aromatic N) is 1. The highest BCUT2D eigenvalue weighted by molar-refractivity contribution is 8.00. The molecule has 56 heavy (non-hydrogen) atoms. The molecule has 1 aromatic rings. The van der Waals surface area contributed by atoms with Gasteiger partial charge in [-0.25, -0.2) is 4.79 Å². The molecule has 0 radical (unpaired) electrons. The van der Waals surface area contributed by atoms with Crippen LogP contribution in [0.25, 0.3) is 0 Å². The molecule has 2 fully saturated rings. The number of carbonyl (C=O) groups excluding carboxylic acids is 6. The standard InChI is InChI=1S/C37H54N8O9S2/c46-30(9-2-1-8-29-35-28(25-56-29)43-36(51)44-35)40-23-26-6-3-7-27(22-26)42-37(55)41-24-32(48)39-14-5-17-53-19-21-54-20-18-52-16-4-13-38-31(47)12-15-45-33(49)10-11-34(45)50/h3,6-7,10-11,22,28-29,35H,1-2,4-5,8-9,12-21,23-25H2,(H,38,47)(H,39,48)(H,40,46)(H2,41,42,55)(H2,43,44,51)/t28-,29-,35-/m0/s1. The number of thioether (sulfide) groups is 1. The number of ether oxygens (including phenoxy) is 3. The Hall–Kier alpha value is -4.30. The molecule has 7 N–H and O–H groups in total. The molecule has 0 spiro atoms. The lowest BCUT2D eigenvalue weighted by Gasteiger charge is -2.16. The molecule has 0 aromatic heterocycles. The number of amides is 7. The average molecular weight is 819 g/mol. The number of hydrogen-bond donors (Lipinski definition) is 7. The molecule has 4 rings (SSSR count). The van der Waals surface area contributed by atoms with Gasteiger partial charge in [0, 0.05) is 81.1 Å². The highest BCUT2D eigenvalue weighted by Gasteiger charge is 2.42. The van der Waals surface area contributed by atoms with Gasteiger partial charge in [0.05, 0.1) is 45.1 Å². The van der Waals surface area contributed by atoms with E-state index in [0.717, 1.165) is 41.2 Å². The van der Waals surface area contributed by atoms with Crippen LogP contribution >= 0.6 is 24.0 Å². The van der Waals surface area contributed by atoms with E-state index in [9.17, 15) is 28.8 Å². The summed E-state index contributed by atoms with van der Waals surface area (Å²) in [5.74, 6) is -0.294. The predicted molar refractivity (Wildman–Crippen MR) is 215 cm³/mol. The average Bonchev–Trinajstić information content (AvgIpc) is 3.84. The van der Waals surface area contributed by atoms with Crippen LogP contribution in [0.4, 0.5) is 10.5 Å². The number of urea groups is 1. The number of hydrogen-bond acceptors (Lipinski definition) is 11. The first-order valence-corrected chi connectivity index (χ1v) is 20.5. The van der Waals surface area contributed by atoms with Gasteiger partial charge in [0.15, 0.2) is 5.11 Å². The Labute approximate surface area is 336 Å². The molecule has 0 unspecified atom stereocenters. The third kappa shape index (κ3) is 16.8. The molecule has 0 aliphatic carbocycles. The van der Waals surface area contributed by atoms with E-state index in [4.69, 9.17) is 26.4 Å². The molecule has 2 saturated heterocycles. The van der Waals surface area contributed by atoms with Crippen LogP contribution in [-0.2, 0) is 44.7 Å². The number of nitrogens with one attached hydrogen (secondary N) is 7. The molecule has 1 aromatic carbocycles. The van der Waals surface area contributed by atoms with Crippen molar-refractivity contribution in [1.82, 2.24) is 36.8 Å². The number of anilines is 1. The molecule has 0 saturated carbocycles. The molecule has 3 aliphatic heterocycles. The molecule has 0 bridgehead atoms. The van der Waals surface area contributed by atoms with Crippen LogP contribution in [0, 0.1) is 0 Å². The number of thiocarbonyl (C=S) groups is 1. The Morgan fingerprint density at radius 2 is 1.45 bits per heavy atom. The van der Waals surface area contributed by atoms with Gasteiger partial charge in [0.2, 0.25) is 17.7 Å². The molecule has 19 heteroatoms. The van der Waals surface area contributed by atoms with Crippen molar-refractivity contribution >= 4 is 70.3 Å². The molecule has 3 heterocycles. The van der Waals surface area contributed by atoms with Gasteiger partial charge < -0.3 is 51.4 Å². The molecule has 7 amide bonds. The second-order valence-corrected chi connectivity index (χ2v) is 15.0. The zero-order valence-corrected chi connectivity index (χ0v) is 33.2. The van der Waals surface area contributed by atoms with Gasteiger partial charge in [0.25, 0.3) is 11.8 Å². The Morgan fingerprint density at radius 1 is 0.786 bits per heavy atom. The SMILES string of the molecule is O=C(CCN1C(=O)C=CC1=O)NCCCOCCOCCOCCCNC(=O)CNC(=S)Nc1cccc(CNC(=O)CCCC[C@@H]2SC[C@@H]3NC(=O)N[C@@H]32)c1. The minimum atomic E-state index is -0.398. The van der Waals surface area contributed by atoms with Crippen molar-refractivity contribution in [3.63, 3.8) is 0 Å². The normalized spacial score (nSPS) is 18.3. The van der Waals surface area contributed by atoms with Crippen LogP contribution < -0.4 is 37.2 Å². The smallest absolute Gasteiger partial charge is 0.315 e. The molecule has 308 valence electrons. The van der Waals surface area contributed by atoms with Crippen molar-refractivity contribution in [2.24, 2.45) is 0 Å². The summed E-state index contributed by atoms with van der Waals surface area (Å²) in [4.78, 5) is 72.1. The minimum Gasteiger partial charge on any atom is -0.379 e. The van der Waals surface area contributed by atoms with Gasteiger partial charge in [-0.15, -0.1) is 0 Å². The van der Waals surface area contributed by atoms with E-state index in [1.54, 1.807) is 0 Å². The maximum Gasteiger partial charge on any atom is 0.315 e. The summed E-state index contributed by atoms with van der Waals surface area (Å²) in [7, 11) is 0. The third-order valence-corrected chi connectivity index (χ3v) is 10.7. The molecule has 17 nitrogen and oxygen atoms in total. The van der Waals surface area contributed by atoms with Crippen LogP contribution in [0.5, 0.6) is 0 Å². The minimum absolute atomic E-state index is 0.00101. The van der Waals surface area contributed by atoms with Crippen molar-refractivity contribution < 1.29 is 43.0 Å². The monoisotopic (exact) mass is 818 g/mol. The molecular weight excluding hydrogens is 765 g/mol. The van der Waals surface area contributed by atoms with Crippen molar-refractivity contribution in [3.8, 4) is 0 Å². The fourth-order valence-electron chi connectivity index (χ4n) is 6.02. The van der Waals surface area contributed by atoms with Gasteiger partial charge in [-0.05, 0) is 55.6 Å². The van der Waals surface area contributed by atoms with E-state index >= 15 is 0 Å². The van der Waals surface area contributed by atoms with Gasteiger partial charge in [-0.3, -0.25) is 28.9 Å². The predicted octanol–water partition coefficient (Wildman–Crippen LogP) is 0.693. The third-order valence-electron chi connectivity index (χ3n) is 8.95. The lowest BCUT2D eigenvalue weighted by molar-refractivity contribution is -0.137. The Morgan fingerprint density at radius 3 is 2.16 bits per heavy atom. The summed E-state index contributed by atoms with van der Waals surface area (Å²) < 4.78 is 16.5. The van der Waals surface area contributed by atoms with Crippen molar-refractivity contribution in [2.75, 3.05) is 76.9 Å². The van der Waals surface area contributed by atoms with E-state index in [1.165, 1.54) is 12.2 Å². The Bertz CT molecular complexity index is 1520. The number of imide groups is 1. The van der Waals surface area contributed by atoms with Gasteiger partial charge in [0.1, 0.15) is 0 Å². The van der Waals surface area contributed by atoms with Crippen molar-refractivity contribution in [2.45, 2.75) is 68.8 Å². The summed E-state index contributed by atoms with van der Waals surface area (Å²) in [6.07, 6.45) is 6.87. The zero-order chi connectivity index (χ0) is 40.0. The summed E-state index contributed by atoms with van der Waals surface area (Å²) in [5, 5.41) is 21.2. The van der Waals surface area contributed by atoms with E-state index in [0.29, 0.717) is 88.9 Å². The summed E-state index contributed by atoms with van der Waals surface area (Å²) in [6, 6.07) is 7.87. The van der Waals surface area contributed by atoms with Crippen LogP contribution in [-0.4, -0.2) is 134 Å². The van der Waals surface area contributed by atoms with E-state index in [-0.39, 0.29) is 55.3 Å². The lowest BCUT2D eigenvalue weighted by Crippen LogP contribution is -2.39. The highest BCUT2D eigenvalue weighted by atomic mass is 32.2. The number of benzene rings is 1. The number of unbranched alkanes of at least 4 members (excludes halogenated alkanes) is 1. The zero-order valence-electron chi connectivity index (χ0n) is 31.6. The first-order chi connectivity index (χ1) is 27.2. The fourth-order valence-corrected chi connectivity index (χ4v) is 7.75. The molecule has 3 atom stereocenters. The van der Waals surface area contributed by atoms with Crippen LogP contribution in [0.3, 0.4) is 0 Å². The number of rotatable bonds is 27.